The first-order chi connectivity index (χ1) is 8.46. The maximum atomic E-state index is 12.9. The number of nitrogens with zero attached hydrogens (tertiary/aromatic N) is 4. The average Bonchev–Trinajstić information content (AvgIpc) is 2.92. The molecular weight excluding hydrogens is 249 g/mol. The standard InChI is InChI=1S/C10H11F3N4O/c11-10(12,13)9(1-2-9)17-5-8(14-15-17)7-3-16(4-7)6-18/h5-7H,1-4H2. The molecule has 8 heteroatoms. The molecular formula is C10H11F3N4O. The molecule has 5 nitrogen and oxygen atoms in total. The van der Waals surface area contributed by atoms with Crippen LogP contribution in [0.2, 0.25) is 0 Å². The molecule has 0 bridgehead atoms. The summed E-state index contributed by atoms with van der Waals surface area (Å²) in [6.45, 7) is 1.00. The van der Waals surface area contributed by atoms with Crippen molar-refractivity contribution in [2.45, 2.75) is 30.5 Å². The second-order valence-electron chi connectivity index (χ2n) is 4.87. The van der Waals surface area contributed by atoms with E-state index < -0.39 is 11.7 Å². The van der Waals surface area contributed by atoms with Crippen LogP contribution in [0.3, 0.4) is 0 Å². The summed E-state index contributed by atoms with van der Waals surface area (Å²) in [4.78, 5) is 11.9. The molecule has 2 fully saturated rings. The van der Waals surface area contributed by atoms with Gasteiger partial charge in [-0.2, -0.15) is 13.2 Å². The highest BCUT2D eigenvalue weighted by Crippen LogP contribution is 2.55. The molecule has 98 valence electrons. The second-order valence-corrected chi connectivity index (χ2v) is 4.87. The second kappa shape index (κ2) is 3.46. The summed E-state index contributed by atoms with van der Waals surface area (Å²) in [5, 5.41) is 7.41. The molecule has 2 heterocycles. The number of alkyl halides is 3. The first-order valence-electron chi connectivity index (χ1n) is 5.65. The predicted molar refractivity (Wildman–Crippen MR) is 53.7 cm³/mol. The third-order valence-electron chi connectivity index (χ3n) is 3.68. The third kappa shape index (κ3) is 1.51. The van der Waals surface area contributed by atoms with Crippen molar-refractivity contribution in [2.75, 3.05) is 13.1 Å². The highest BCUT2D eigenvalue weighted by atomic mass is 19.4. The Kier molecular flexibility index (Phi) is 2.21. The van der Waals surface area contributed by atoms with Gasteiger partial charge in [-0.15, -0.1) is 5.10 Å². The van der Waals surface area contributed by atoms with Crippen LogP contribution in [0.25, 0.3) is 0 Å². The zero-order valence-electron chi connectivity index (χ0n) is 9.39. The quantitative estimate of drug-likeness (QED) is 0.758. The van der Waals surface area contributed by atoms with Gasteiger partial charge in [0.25, 0.3) is 0 Å². The van der Waals surface area contributed by atoms with E-state index in [0.717, 1.165) is 11.1 Å². The summed E-state index contributed by atoms with van der Waals surface area (Å²) in [5.41, 5.74) is -1.31. The van der Waals surface area contributed by atoms with Crippen LogP contribution in [-0.2, 0) is 10.3 Å². The number of carbonyl (C=O) groups is 1. The van der Waals surface area contributed by atoms with Crippen molar-refractivity contribution in [3.63, 3.8) is 0 Å². The number of carbonyl (C=O) groups excluding carboxylic acids is 1. The van der Waals surface area contributed by atoms with E-state index in [0.29, 0.717) is 18.8 Å². The summed E-state index contributed by atoms with van der Waals surface area (Å²) in [7, 11) is 0. The molecule has 0 radical (unpaired) electrons. The monoisotopic (exact) mass is 260 g/mol. The van der Waals surface area contributed by atoms with Gasteiger partial charge in [0, 0.05) is 25.2 Å². The van der Waals surface area contributed by atoms with Crippen LogP contribution in [0.5, 0.6) is 0 Å². The zero-order chi connectivity index (χ0) is 13.0. The highest BCUT2D eigenvalue weighted by Gasteiger charge is 2.66. The van der Waals surface area contributed by atoms with Gasteiger partial charge in [0.05, 0.1) is 5.69 Å². The Morgan fingerprint density at radius 2 is 2.06 bits per heavy atom. The lowest BCUT2D eigenvalue weighted by atomic mass is 9.98. The van der Waals surface area contributed by atoms with Crippen LogP contribution in [0.15, 0.2) is 6.20 Å². The van der Waals surface area contributed by atoms with E-state index in [1.807, 2.05) is 0 Å². The lowest BCUT2D eigenvalue weighted by molar-refractivity contribution is -0.183. The molecule has 2 aliphatic rings. The Bertz CT molecular complexity index is 474. The molecule has 1 amide bonds. The molecule has 18 heavy (non-hydrogen) atoms. The number of rotatable bonds is 3. The molecule has 0 N–H and O–H groups in total. The minimum atomic E-state index is -4.29. The van der Waals surface area contributed by atoms with Gasteiger partial charge in [0.2, 0.25) is 6.41 Å². The van der Waals surface area contributed by atoms with Gasteiger partial charge in [0.1, 0.15) is 0 Å². The smallest absolute Gasteiger partial charge is 0.344 e. The van der Waals surface area contributed by atoms with Gasteiger partial charge in [-0.1, -0.05) is 5.21 Å². The fourth-order valence-electron chi connectivity index (χ4n) is 2.22. The number of hydrogen-bond donors (Lipinski definition) is 0. The Labute approximate surface area is 101 Å². The first-order valence-corrected chi connectivity index (χ1v) is 5.65. The number of amides is 1. The highest BCUT2D eigenvalue weighted by molar-refractivity contribution is 5.49. The van der Waals surface area contributed by atoms with Crippen molar-refractivity contribution in [1.29, 1.82) is 0 Å². The van der Waals surface area contributed by atoms with Crippen LogP contribution in [-0.4, -0.2) is 45.6 Å². The van der Waals surface area contributed by atoms with Crippen LogP contribution < -0.4 is 0 Å². The van der Waals surface area contributed by atoms with Gasteiger partial charge in [-0.3, -0.25) is 4.79 Å². The molecule has 1 aliphatic carbocycles. The lowest BCUT2D eigenvalue weighted by Crippen LogP contribution is -2.43. The van der Waals surface area contributed by atoms with Crippen molar-refractivity contribution in [1.82, 2.24) is 19.9 Å². The normalized spacial score (nSPS) is 22.7. The number of aromatic nitrogens is 3. The van der Waals surface area contributed by atoms with Crippen molar-refractivity contribution >= 4 is 6.41 Å². The van der Waals surface area contributed by atoms with E-state index in [1.165, 1.54) is 6.20 Å². The van der Waals surface area contributed by atoms with Gasteiger partial charge in [-0.25, -0.2) is 4.68 Å². The SMILES string of the molecule is O=CN1CC(c2cn(C3(C(F)(F)F)CC3)nn2)C1. The van der Waals surface area contributed by atoms with Gasteiger partial charge < -0.3 is 4.90 Å². The molecule has 1 aliphatic heterocycles. The Hall–Kier alpha value is -1.60. The predicted octanol–water partition coefficient (Wildman–Crippen LogP) is 0.885. The molecule has 1 aromatic rings. The molecule has 3 rings (SSSR count). The minimum Gasteiger partial charge on any atom is -0.344 e. The Morgan fingerprint density at radius 3 is 2.56 bits per heavy atom. The summed E-state index contributed by atoms with van der Waals surface area (Å²) < 4.78 is 39.5. The summed E-state index contributed by atoms with van der Waals surface area (Å²) >= 11 is 0. The van der Waals surface area contributed by atoms with E-state index in [-0.39, 0.29) is 18.8 Å². The summed E-state index contributed by atoms with van der Waals surface area (Å²) in [6, 6.07) is 0. The largest absolute Gasteiger partial charge is 0.413 e. The summed E-state index contributed by atoms with van der Waals surface area (Å²) in [5.74, 6) is 0.00739. The van der Waals surface area contributed by atoms with Crippen LogP contribution >= 0.6 is 0 Å². The van der Waals surface area contributed by atoms with Crippen LogP contribution in [0.1, 0.15) is 24.5 Å². The van der Waals surface area contributed by atoms with Crippen LogP contribution in [0, 0.1) is 0 Å². The Morgan fingerprint density at radius 1 is 1.39 bits per heavy atom. The van der Waals surface area contributed by atoms with Gasteiger partial charge >= 0.3 is 6.18 Å². The molecule has 1 aromatic heterocycles. The molecule has 0 unspecified atom stereocenters. The zero-order valence-corrected chi connectivity index (χ0v) is 9.39. The molecule has 0 atom stereocenters. The number of hydrogen-bond acceptors (Lipinski definition) is 3. The van der Waals surface area contributed by atoms with E-state index in [9.17, 15) is 18.0 Å². The molecule has 1 saturated carbocycles. The summed E-state index contributed by atoms with van der Waals surface area (Å²) in [6.07, 6.45) is -2.08. The fourth-order valence-corrected chi connectivity index (χ4v) is 2.22. The maximum Gasteiger partial charge on any atom is 0.413 e. The number of likely N-dealkylation sites (tertiary alicyclic amines) is 1. The van der Waals surface area contributed by atoms with Gasteiger partial charge in [-0.05, 0) is 12.8 Å². The van der Waals surface area contributed by atoms with Crippen molar-refractivity contribution in [3.8, 4) is 0 Å². The first kappa shape index (κ1) is 11.5. The third-order valence-corrected chi connectivity index (χ3v) is 3.68. The lowest BCUT2D eigenvalue weighted by Gasteiger charge is -2.34. The Balaban J connectivity index is 1.77. The van der Waals surface area contributed by atoms with E-state index >= 15 is 0 Å². The maximum absolute atomic E-state index is 12.9. The van der Waals surface area contributed by atoms with Crippen molar-refractivity contribution in [3.05, 3.63) is 11.9 Å². The van der Waals surface area contributed by atoms with Crippen molar-refractivity contribution in [2.24, 2.45) is 0 Å². The molecule has 1 saturated heterocycles. The molecule has 0 aromatic carbocycles. The van der Waals surface area contributed by atoms with Crippen molar-refractivity contribution < 1.29 is 18.0 Å². The van der Waals surface area contributed by atoms with E-state index in [4.69, 9.17) is 0 Å². The minimum absolute atomic E-state index is 0.00739. The average molecular weight is 260 g/mol. The topological polar surface area (TPSA) is 51.0 Å². The molecule has 0 spiro atoms. The van der Waals surface area contributed by atoms with Gasteiger partial charge in [0.15, 0.2) is 5.54 Å². The fraction of sp³-hybridized carbons (Fsp3) is 0.700. The number of halogens is 3. The van der Waals surface area contributed by atoms with Crippen LogP contribution in [0.4, 0.5) is 13.2 Å². The van der Waals surface area contributed by atoms with E-state index in [2.05, 4.69) is 10.3 Å². The van der Waals surface area contributed by atoms with E-state index in [1.54, 1.807) is 4.90 Å².